The Labute approximate surface area is 107 Å². The van der Waals surface area contributed by atoms with Gasteiger partial charge in [-0.05, 0) is 19.3 Å². The Balaban J connectivity index is 1.70. The van der Waals surface area contributed by atoms with Crippen LogP contribution >= 0.6 is 0 Å². The zero-order valence-electron chi connectivity index (χ0n) is 10.6. The van der Waals surface area contributed by atoms with Gasteiger partial charge < -0.3 is 14.9 Å². The first-order valence-electron chi connectivity index (χ1n) is 6.62. The normalized spacial score (nSPS) is 16.9. The quantitative estimate of drug-likeness (QED) is 0.816. The van der Waals surface area contributed by atoms with Gasteiger partial charge in [0.15, 0.2) is 0 Å². The van der Waals surface area contributed by atoms with E-state index in [0.717, 1.165) is 30.5 Å². The Morgan fingerprint density at radius 2 is 2.39 bits per heavy atom. The van der Waals surface area contributed by atoms with Crippen LogP contribution in [0.1, 0.15) is 43.7 Å². The van der Waals surface area contributed by atoms with Gasteiger partial charge in [0, 0.05) is 31.2 Å². The van der Waals surface area contributed by atoms with Crippen molar-refractivity contribution in [2.75, 3.05) is 0 Å². The number of hydrogen-bond acceptors (Lipinski definition) is 3. The molecule has 1 unspecified atom stereocenters. The fraction of sp³-hybridized carbons (Fsp3) is 0.538. The summed E-state index contributed by atoms with van der Waals surface area (Å²) in [5, 5.41) is 3.48. The van der Waals surface area contributed by atoms with E-state index in [4.69, 9.17) is 0 Å². The van der Waals surface area contributed by atoms with E-state index >= 15 is 0 Å². The van der Waals surface area contributed by atoms with E-state index in [0.29, 0.717) is 0 Å². The molecular formula is C13H19N5. The number of aromatic nitrogens is 4. The summed E-state index contributed by atoms with van der Waals surface area (Å²) >= 11 is 0. The number of nitrogens with one attached hydrogen (secondary N) is 2. The molecule has 0 radical (unpaired) electrons. The van der Waals surface area contributed by atoms with Crippen LogP contribution in [0.15, 0.2) is 24.9 Å². The van der Waals surface area contributed by atoms with E-state index in [9.17, 15) is 0 Å². The van der Waals surface area contributed by atoms with E-state index in [1.807, 2.05) is 12.5 Å². The second-order valence-corrected chi connectivity index (χ2v) is 4.87. The molecule has 0 aliphatic heterocycles. The standard InChI is InChI=1S/C13H19N5/c1-2-12(13-14-5-6-15-13)18-8-11(17-9-18)7-16-10-3-4-10/h5-6,8-10,12,16H,2-4,7H2,1H3,(H,14,15). The molecule has 0 saturated heterocycles. The summed E-state index contributed by atoms with van der Waals surface area (Å²) in [7, 11) is 0. The van der Waals surface area contributed by atoms with Gasteiger partial charge in [0.05, 0.1) is 18.1 Å². The van der Waals surface area contributed by atoms with Crippen LogP contribution in [0.2, 0.25) is 0 Å². The Morgan fingerprint density at radius 3 is 3.06 bits per heavy atom. The lowest BCUT2D eigenvalue weighted by molar-refractivity contribution is 0.539. The summed E-state index contributed by atoms with van der Waals surface area (Å²) in [4.78, 5) is 12.0. The fourth-order valence-electron chi connectivity index (χ4n) is 2.18. The fourth-order valence-corrected chi connectivity index (χ4v) is 2.18. The van der Waals surface area contributed by atoms with Crippen molar-refractivity contribution in [2.45, 2.75) is 44.8 Å². The SMILES string of the molecule is CCC(c1ncc[nH]1)n1cnc(CNC2CC2)c1. The van der Waals surface area contributed by atoms with Crippen LogP contribution in [-0.2, 0) is 6.54 Å². The van der Waals surface area contributed by atoms with Crippen molar-refractivity contribution in [1.82, 2.24) is 24.8 Å². The number of imidazole rings is 2. The molecule has 2 aromatic rings. The van der Waals surface area contributed by atoms with Crippen molar-refractivity contribution in [2.24, 2.45) is 0 Å². The summed E-state index contributed by atoms with van der Waals surface area (Å²) in [5.74, 6) is 0.997. The van der Waals surface area contributed by atoms with Crippen LogP contribution in [0.25, 0.3) is 0 Å². The smallest absolute Gasteiger partial charge is 0.129 e. The highest BCUT2D eigenvalue weighted by atomic mass is 15.1. The molecule has 3 rings (SSSR count). The molecule has 2 N–H and O–H groups in total. The Morgan fingerprint density at radius 1 is 1.50 bits per heavy atom. The molecular weight excluding hydrogens is 226 g/mol. The van der Waals surface area contributed by atoms with Crippen molar-refractivity contribution in [3.63, 3.8) is 0 Å². The van der Waals surface area contributed by atoms with Crippen molar-refractivity contribution in [1.29, 1.82) is 0 Å². The van der Waals surface area contributed by atoms with Crippen molar-refractivity contribution < 1.29 is 0 Å². The average molecular weight is 245 g/mol. The first-order chi connectivity index (χ1) is 8.86. The molecule has 5 nitrogen and oxygen atoms in total. The maximum absolute atomic E-state index is 4.45. The molecule has 2 heterocycles. The van der Waals surface area contributed by atoms with E-state index in [-0.39, 0.29) is 6.04 Å². The highest BCUT2D eigenvalue weighted by Crippen LogP contribution is 2.20. The Bertz CT molecular complexity index is 483. The van der Waals surface area contributed by atoms with Crippen LogP contribution in [0.5, 0.6) is 0 Å². The van der Waals surface area contributed by atoms with Crippen LogP contribution in [0, 0.1) is 0 Å². The zero-order chi connectivity index (χ0) is 12.4. The Kier molecular flexibility index (Phi) is 3.15. The molecule has 1 fully saturated rings. The van der Waals surface area contributed by atoms with Gasteiger partial charge in [-0.2, -0.15) is 0 Å². The molecule has 0 amide bonds. The molecule has 0 aromatic carbocycles. The second-order valence-electron chi connectivity index (χ2n) is 4.87. The molecule has 5 heteroatoms. The first kappa shape index (κ1) is 11.5. The summed E-state index contributed by atoms with van der Waals surface area (Å²) < 4.78 is 2.14. The molecule has 18 heavy (non-hydrogen) atoms. The van der Waals surface area contributed by atoms with E-state index in [1.165, 1.54) is 12.8 Å². The predicted octanol–water partition coefficient (Wildman–Crippen LogP) is 1.86. The van der Waals surface area contributed by atoms with Gasteiger partial charge in [0.25, 0.3) is 0 Å². The van der Waals surface area contributed by atoms with Crippen LogP contribution in [0.4, 0.5) is 0 Å². The van der Waals surface area contributed by atoms with Crippen LogP contribution < -0.4 is 5.32 Å². The van der Waals surface area contributed by atoms with E-state index < -0.39 is 0 Å². The third-order valence-corrected chi connectivity index (χ3v) is 3.39. The molecule has 1 saturated carbocycles. The minimum Gasteiger partial charge on any atom is -0.347 e. The van der Waals surface area contributed by atoms with Gasteiger partial charge >= 0.3 is 0 Å². The number of H-pyrrole nitrogens is 1. The summed E-state index contributed by atoms with van der Waals surface area (Å²) in [6.07, 6.45) is 11.3. The lowest BCUT2D eigenvalue weighted by Crippen LogP contribution is -2.15. The zero-order valence-corrected chi connectivity index (χ0v) is 10.6. The number of rotatable bonds is 6. The van der Waals surface area contributed by atoms with Gasteiger partial charge in [-0.25, -0.2) is 9.97 Å². The molecule has 0 spiro atoms. The monoisotopic (exact) mass is 245 g/mol. The highest BCUT2D eigenvalue weighted by molar-refractivity contribution is 5.04. The molecule has 1 aliphatic rings. The number of aromatic amines is 1. The molecule has 2 aromatic heterocycles. The lowest BCUT2D eigenvalue weighted by atomic mass is 10.2. The topological polar surface area (TPSA) is 58.5 Å². The maximum Gasteiger partial charge on any atom is 0.129 e. The van der Waals surface area contributed by atoms with Gasteiger partial charge in [-0.15, -0.1) is 0 Å². The summed E-state index contributed by atoms with van der Waals surface area (Å²) in [5.41, 5.74) is 1.10. The summed E-state index contributed by atoms with van der Waals surface area (Å²) in [6, 6.07) is 0.976. The molecule has 1 atom stereocenters. The van der Waals surface area contributed by atoms with Gasteiger partial charge in [0.1, 0.15) is 5.82 Å². The molecule has 96 valence electrons. The lowest BCUT2D eigenvalue weighted by Gasteiger charge is -2.13. The van der Waals surface area contributed by atoms with Crippen LogP contribution in [-0.4, -0.2) is 25.6 Å². The predicted molar refractivity (Wildman–Crippen MR) is 69.1 cm³/mol. The molecule has 1 aliphatic carbocycles. The maximum atomic E-state index is 4.45. The first-order valence-corrected chi connectivity index (χ1v) is 6.62. The number of nitrogens with zero attached hydrogens (tertiary/aromatic N) is 3. The largest absolute Gasteiger partial charge is 0.347 e. The van der Waals surface area contributed by atoms with Crippen molar-refractivity contribution in [3.05, 3.63) is 36.4 Å². The molecule has 0 bridgehead atoms. The van der Waals surface area contributed by atoms with E-state index in [1.54, 1.807) is 6.20 Å². The second kappa shape index (κ2) is 4.94. The highest BCUT2D eigenvalue weighted by Gasteiger charge is 2.20. The minimum atomic E-state index is 0.252. The van der Waals surface area contributed by atoms with Crippen LogP contribution in [0.3, 0.4) is 0 Å². The Hall–Kier alpha value is -1.62. The third-order valence-electron chi connectivity index (χ3n) is 3.39. The summed E-state index contributed by atoms with van der Waals surface area (Å²) in [6.45, 7) is 3.03. The van der Waals surface area contributed by atoms with Crippen molar-refractivity contribution >= 4 is 0 Å². The third kappa shape index (κ3) is 2.46. The van der Waals surface area contributed by atoms with Gasteiger partial charge in [0.2, 0.25) is 0 Å². The van der Waals surface area contributed by atoms with Crippen molar-refractivity contribution in [3.8, 4) is 0 Å². The van der Waals surface area contributed by atoms with Gasteiger partial charge in [-0.1, -0.05) is 6.92 Å². The minimum absolute atomic E-state index is 0.252. The van der Waals surface area contributed by atoms with E-state index in [2.05, 4.69) is 38.0 Å². The average Bonchev–Trinajstić information content (AvgIpc) is 2.89. The number of hydrogen-bond donors (Lipinski definition) is 2. The van der Waals surface area contributed by atoms with Gasteiger partial charge in [-0.3, -0.25) is 0 Å².